The first-order valence-corrected chi connectivity index (χ1v) is 10.9. The van der Waals surface area contributed by atoms with Crippen molar-refractivity contribution in [1.82, 2.24) is 10.9 Å². The second-order valence-corrected chi connectivity index (χ2v) is 9.67. The topological polar surface area (TPSA) is 76.7 Å². The molecule has 3 unspecified atom stereocenters. The first-order valence-electron chi connectivity index (χ1n) is 8.93. The van der Waals surface area contributed by atoms with Crippen molar-refractivity contribution >= 4 is 9.84 Å². The zero-order chi connectivity index (χ0) is 16.3. The number of ether oxygens (including phenoxy) is 2. The summed E-state index contributed by atoms with van der Waals surface area (Å²) in [7, 11) is -2.88. The lowest BCUT2D eigenvalue weighted by atomic mass is 9.77. The summed E-state index contributed by atoms with van der Waals surface area (Å²) in [6.07, 6.45) is 8.55. The molecule has 0 aromatic heterocycles. The lowest BCUT2D eigenvalue weighted by Crippen LogP contribution is -2.53. The van der Waals surface area contributed by atoms with Crippen LogP contribution < -0.4 is 10.9 Å². The van der Waals surface area contributed by atoms with Crippen molar-refractivity contribution in [3.63, 3.8) is 0 Å². The van der Waals surface area contributed by atoms with Crippen LogP contribution in [-0.2, 0) is 19.3 Å². The Balaban J connectivity index is 1.43. The first kappa shape index (κ1) is 17.6. The third kappa shape index (κ3) is 4.89. The molecule has 2 heterocycles. The fraction of sp³-hybridized carbons (Fsp3) is 1.00. The summed E-state index contributed by atoms with van der Waals surface area (Å²) in [5.41, 5.74) is 6.49. The van der Waals surface area contributed by atoms with Crippen molar-refractivity contribution in [3.05, 3.63) is 0 Å². The fourth-order valence-electron chi connectivity index (χ4n) is 4.18. The molecule has 2 aliphatic heterocycles. The van der Waals surface area contributed by atoms with E-state index in [1.54, 1.807) is 0 Å². The molecule has 0 radical (unpaired) electrons. The molecule has 0 spiro atoms. The second-order valence-electron chi connectivity index (χ2n) is 7.34. The fourth-order valence-corrected chi connectivity index (χ4v) is 5.31. The Kier molecular flexibility index (Phi) is 5.96. The SMILES string of the molecule is CS(=O)(=O)C1CCC(C2CNNC(OCC3CCCO3)C2)CC1. The Bertz CT molecular complexity index is 470. The normalized spacial score (nSPS) is 39.4. The Morgan fingerprint density at radius 2 is 1.91 bits per heavy atom. The van der Waals surface area contributed by atoms with E-state index in [2.05, 4.69) is 10.9 Å². The highest BCUT2D eigenvalue weighted by atomic mass is 32.2. The van der Waals surface area contributed by atoms with Crippen LogP contribution >= 0.6 is 0 Å². The van der Waals surface area contributed by atoms with E-state index in [0.29, 0.717) is 18.4 Å². The Morgan fingerprint density at radius 3 is 2.57 bits per heavy atom. The van der Waals surface area contributed by atoms with Crippen LogP contribution in [-0.4, -0.2) is 52.0 Å². The average molecular weight is 346 g/mol. The Morgan fingerprint density at radius 1 is 1.13 bits per heavy atom. The van der Waals surface area contributed by atoms with Gasteiger partial charge >= 0.3 is 0 Å². The van der Waals surface area contributed by atoms with E-state index in [4.69, 9.17) is 9.47 Å². The maximum Gasteiger partial charge on any atom is 0.150 e. The summed E-state index contributed by atoms with van der Waals surface area (Å²) in [6, 6.07) is 0. The van der Waals surface area contributed by atoms with Gasteiger partial charge in [-0.25, -0.2) is 13.8 Å². The summed E-state index contributed by atoms with van der Waals surface area (Å²) in [5, 5.41) is -0.125. The highest BCUT2D eigenvalue weighted by Gasteiger charge is 2.34. The molecule has 0 amide bonds. The van der Waals surface area contributed by atoms with Crippen molar-refractivity contribution in [1.29, 1.82) is 0 Å². The number of nitrogens with one attached hydrogen (secondary N) is 2. The molecule has 2 saturated heterocycles. The van der Waals surface area contributed by atoms with Crippen LogP contribution in [0.4, 0.5) is 0 Å². The summed E-state index contributed by atoms with van der Waals surface area (Å²) >= 11 is 0. The molecule has 3 fully saturated rings. The third-order valence-corrected chi connectivity index (χ3v) is 7.32. The monoisotopic (exact) mass is 346 g/mol. The van der Waals surface area contributed by atoms with E-state index in [-0.39, 0.29) is 17.6 Å². The molecule has 23 heavy (non-hydrogen) atoms. The lowest BCUT2D eigenvalue weighted by molar-refractivity contribution is -0.0641. The molecule has 7 heteroatoms. The minimum atomic E-state index is -2.88. The van der Waals surface area contributed by atoms with Gasteiger partial charge in [0.15, 0.2) is 0 Å². The Hall–Kier alpha value is -0.210. The summed E-state index contributed by atoms with van der Waals surface area (Å²) in [5.74, 6) is 1.17. The van der Waals surface area contributed by atoms with Gasteiger partial charge < -0.3 is 9.47 Å². The van der Waals surface area contributed by atoms with Crippen LogP contribution in [0.2, 0.25) is 0 Å². The number of hydrazine groups is 1. The van der Waals surface area contributed by atoms with Gasteiger partial charge in [-0.1, -0.05) is 0 Å². The molecule has 1 aliphatic carbocycles. The molecule has 1 saturated carbocycles. The molecule has 0 bridgehead atoms. The third-order valence-electron chi connectivity index (χ3n) is 5.64. The van der Waals surface area contributed by atoms with Gasteiger partial charge in [-0.15, -0.1) is 0 Å². The van der Waals surface area contributed by atoms with Gasteiger partial charge in [0.05, 0.1) is 18.0 Å². The molecular formula is C16H30N2O4S. The zero-order valence-electron chi connectivity index (χ0n) is 14.0. The van der Waals surface area contributed by atoms with E-state index < -0.39 is 9.84 Å². The van der Waals surface area contributed by atoms with Crippen LogP contribution in [0.5, 0.6) is 0 Å². The zero-order valence-corrected chi connectivity index (χ0v) is 14.8. The summed E-state index contributed by atoms with van der Waals surface area (Å²) in [4.78, 5) is 0. The minimum absolute atomic E-state index is 0.0329. The largest absolute Gasteiger partial charge is 0.376 e. The molecule has 2 N–H and O–H groups in total. The van der Waals surface area contributed by atoms with Crippen LogP contribution in [0.1, 0.15) is 44.9 Å². The number of rotatable bonds is 5. The minimum Gasteiger partial charge on any atom is -0.376 e. The van der Waals surface area contributed by atoms with Gasteiger partial charge in [0.25, 0.3) is 0 Å². The van der Waals surface area contributed by atoms with E-state index in [9.17, 15) is 8.42 Å². The molecule has 6 nitrogen and oxygen atoms in total. The maximum absolute atomic E-state index is 11.7. The van der Waals surface area contributed by atoms with Crippen molar-refractivity contribution in [2.75, 3.05) is 26.0 Å². The molecular weight excluding hydrogens is 316 g/mol. The van der Waals surface area contributed by atoms with Gasteiger partial charge in [-0.05, 0) is 56.8 Å². The molecule has 3 atom stereocenters. The standard InChI is InChI=1S/C16H30N2O4S/c1-23(19,20)15-6-4-12(5-7-15)13-9-16(18-17-10-13)22-11-14-3-2-8-21-14/h12-18H,2-11H2,1H3. The van der Waals surface area contributed by atoms with E-state index >= 15 is 0 Å². The summed E-state index contributed by atoms with van der Waals surface area (Å²) in [6.45, 7) is 2.46. The number of sulfone groups is 1. The molecule has 134 valence electrons. The quantitative estimate of drug-likeness (QED) is 0.780. The maximum atomic E-state index is 11.7. The van der Waals surface area contributed by atoms with Crippen LogP contribution in [0.3, 0.4) is 0 Å². The average Bonchev–Trinajstić information content (AvgIpc) is 3.06. The Labute approximate surface area is 139 Å². The predicted molar refractivity (Wildman–Crippen MR) is 88.5 cm³/mol. The predicted octanol–water partition coefficient (Wildman–Crippen LogP) is 1.23. The molecule has 0 aromatic rings. The van der Waals surface area contributed by atoms with E-state index in [0.717, 1.165) is 58.1 Å². The molecule has 0 aromatic carbocycles. The van der Waals surface area contributed by atoms with Gasteiger partial charge in [0.1, 0.15) is 16.1 Å². The van der Waals surface area contributed by atoms with Gasteiger partial charge in [-0.2, -0.15) is 0 Å². The highest BCUT2D eigenvalue weighted by molar-refractivity contribution is 7.91. The number of hydrogen-bond donors (Lipinski definition) is 2. The van der Waals surface area contributed by atoms with E-state index in [1.807, 2.05) is 0 Å². The van der Waals surface area contributed by atoms with Gasteiger partial charge in [-0.3, -0.25) is 5.43 Å². The van der Waals surface area contributed by atoms with Crippen LogP contribution in [0.15, 0.2) is 0 Å². The van der Waals surface area contributed by atoms with Gasteiger partial charge in [0, 0.05) is 19.4 Å². The molecule has 3 rings (SSSR count). The van der Waals surface area contributed by atoms with Crippen molar-refractivity contribution in [3.8, 4) is 0 Å². The van der Waals surface area contributed by atoms with Crippen molar-refractivity contribution in [2.45, 2.75) is 62.5 Å². The second kappa shape index (κ2) is 7.78. The first-order chi connectivity index (χ1) is 11.0. The highest BCUT2D eigenvalue weighted by Crippen LogP contribution is 2.35. The number of hydrogen-bond acceptors (Lipinski definition) is 6. The molecule has 3 aliphatic rings. The lowest BCUT2D eigenvalue weighted by Gasteiger charge is -2.38. The van der Waals surface area contributed by atoms with Crippen LogP contribution in [0, 0.1) is 11.8 Å². The van der Waals surface area contributed by atoms with Crippen molar-refractivity contribution in [2.24, 2.45) is 11.8 Å². The smallest absolute Gasteiger partial charge is 0.150 e. The van der Waals surface area contributed by atoms with E-state index in [1.165, 1.54) is 6.26 Å². The van der Waals surface area contributed by atoms with Crippen LogP contribution in [0.25, 0.3) is 0 Å². The van der Waals surface area contributed by atoms with Crippen molar-refractivity contribution < 1.29 is 17.9 Å². The summed E-state index contributed by atoms with van der Waals surface area (Å²) < 4.78 is 34.9. The van der Waals surface area contributed by atoms with Gasteiger partial charge in [0.2, 0.25) is 0 Å².